The number of hydrogen-bond acceptors (Lipinski definition) is 2. The molecule has 90 valence electrons. The van der Waals surface area contributed by atoms with E-state index in [4.69, 9.17) is 5.11 Å². The molecule has 1 heterocycles. The van der Waals surface area contributed by atoms with Crippen LogP contribution < -0.4 is 0 Å². The molecule has 4 heteroatoms. The molecule has 0 unspecified atom stereocenters. The van der Waals surface area contributed by atoms with Gasteiger partial charge in [-0.15, -0.1) is 0 Å². The molecule has 0 aromatic carbocycles. The molecule has 2 fully saturated rings. The summed E-state index contributed by atoms with van der Waals surface area (Å²) < 4.78 is 0. The van der Waals surface area contributed by atoms with Crippen molar-refractivity contribution in [3.63, 3.8) is 0 Å². The second kappa shape index (κ2) is 4.85. The molecular weight excluding hydrogens is 206 g/mol. The lowest BCUT2D eigenvalue weighted by atomic mass is 10.0. The molecule has 0 bridgehead atoms. The number of carbonyl (C=O) groups excluding carboxylic acids is 1. The second-order valence-electron chi connectivity index (χ2n) is 5.02. The van der Waals surface area contributed by atoms with Gasteiger partial charge in [-0.3, -0.25) is 9.59 Å². The van der Waals surface area contributed by atoms with Crippen LogP contribution in [0.2, 0.25) is 0 Å². The summed E-state index contributed by atoms with van der Waals surface area (Å²) in [6.45, 7) is 1.05. The molecule has 2 rings (SSSR count). The van der Waals surface area contributed by atoms with Crippen LogP contribution in [0.4, 0.5) is 0 Å². The van der Waals surface area contributed by atoms with Crippen LogP contribution in [-0.2, 0) is 9.59 Å². The van der Waals surface area contributed by atoms with E-state index in [9.17, 15) is 9.59 Å². The zero-order valence-corrected chi connectivity index (χ0v) is 9.52. The number of nitrogens with zero attached hydrogens (tertiary/aromatic N) is 1. The van der Waals surface area contributed by atoms with Gasteiger partial charge in [-0.05, 0) is 25.2 Å². The van der Waals surface area contributed by atoms with Crippen LogP contribution in [0.15, 0.2) is 0 Å². The van der Waals surface area contributed by atoms with E-state index < -0.39 is 5.97 Å². The minimum absolute atomic E-state index is 0.163. The van der Waals surface area contributed by atoms with E-state index in [1.54, 1.807) is 4.90 Å². The first kappa shape index (κ1) is 11.4. The predicted molar refractivity (Wildman–Crippen MR) is 58.9 cm³/mol. The summed E-state index contributed by atoms with van der Waals surface area (Å²) in [5.74, 6) is -0.393. The maximum absolute atomic E-state index is 11.9. The highest BCUT2D eigenvalue weighted by atomic mass is 16.4. The van der Waals surface area contributed by atoms with Crippen molar-refractivity contribution in [3.05, 3.63) is 0 Å². The van der Waals surface area contributed by atoms with Crippen molar-refractivity contribution >= 4 is 11.9 Å². The Morgan fingerprint density at radius 3 is 2.44 bits per heavy atom. The summed E-state index contributed by atoms with van der Waals surface area (Å²) in [5.41, 5.74) is 0. The lowest BCUT2D eigenvalue weighted by Crippen LogP contribution is -2.30. The topological polar surface area (TPSA) is 57.6 Å². The number of carboxylic acid groups (broad SMARTS) is 1. The fourth-order valence-electron chi connectivity index (χ4n) is 2.78. The first-order valence-corrected chi connectivity index (χ1v) is 6.17. The molecule has 16 heavy (non-hydrogen) atoms. The second-order valence-corrected chi connectivity index (χ2v) is 5.02. The predicted octanol–water partition coefficient (Wildman–Crippen LogP) is 1.50. The van der Waals surface area contributed by atoms with Crippen molar-refractivity contribution in [3.8, 4) is 0 Å². The van der Waals surface area contributed by atoms with Crippen LogP contribution in [0.5, 0.6) is 0 Å². The minimum atomic E-state index is -0.767. The Bertz CT molecular complexity index is 284. The van der Waals surface area contributed by atoms with Gasteiger partial charge in [-0.25, -0.2) is 0 Å². The molecule has 1 amide bonds. The van der Waals surface area contributed by atoms with E-state index in [1.807, 2.05) is 0 Å². The van der Waals surface area contributed by atoms with Crippen molar-refractivity contribution in [1.29, 1.82) is 0 Å². The number of rotatable bonds is 3. The zero-order valence-electron chi connectivity index (χ0n) is 9.52. The Kier molecular flexibility index (Phi) is 3.46. The van der Waals surface area contributed by atoms with Gasteiger partial charge in [0.05, 0.1) is 5.92 Å². The van der Waals surface area contributed by atoms with Crippen LogP contribution in [0.1, 0.15) is 38.5 Å². The normalized spacial score (nSPS) is 26.2. The third-order valence-electron chi connectivity index (χ3n) is 3.83. The van der Waals surface area contributed by atoms with Crippen LogP contribution in [0.3, 0.4) is 0 Å². The van der Waals surface area contributed by atoms with E-state index >= 15 is 0 Å². The van der Waals surface area contributed by atoms with E-state index in [2.05, 4.69) is 0 Å². The average molecular weight is 225 g/mol. The van der Waals surface area contributed by atoms with E-state index in [0.29, 0.717) is 31.8 Å². The Balaban J connectivity index is 1.79. The Labute approximate surface area is 95.6 Å². The smallest absolute Gasteiger partial charge is 0.308 e. The fraction of sp³-hybridized carbons (Fsp3) is 0.833. The summed E-state index contributed by atoms with van der Waals surface area (Å²) in [7, 11) is 0. The number of likely N-dealkylation sites (tertiary alicyclic amines) is 1. The van der Waals surface area contributed by atoms with E-state index in [0.717, 1.165) is 0 Å². The van der Waals surface area contributed by atoms with Gasteiger partial charge in [0, 0.05) is 19.5 Å². The molecule has 1 saturated heterocycles. The molecular formula is C12H19NO3. The average Bonchev–Trinajstić information content (AvgIpc) is 2.86. The minimum Gasteiger partial charge on any atom is -0.481 e. The Hall–Kier alpha value is -1.06. The summed E-state index contributed by atoms with van der Waals surface area (Å²) in [6, 6.07) is 0. The highest BCUT2D eigenvalue weighted by Gasteiger charge is 2.31. The fourth-order valence-corrected chi connectivity index (χ4v) is 2.78. The molecule has 0 radical (unpaired) electrons. The molecule has 4 nitrogen and oxygen atoms in total. The lowest BCUT2D eigenvalue weighted by molar-refractivity contribution is -0.141. The van der Waals surface area contributed by atoms with Crippen molar-refractivity contribution in [2.45, 2.75) is 38.5 Å². The highest BCUT2D eigenvalue weighted by molar-refractivity contribution is 5.78. The molecule has 0 spiro atoms. The van der Waals surface area contributed by atoms with Crippen LogP contribution in [0.25, 0.3) is 0 Å². The maximum atomic E-state index is 11.9. The molecule has 1 aliphatic heterocycles. The molecule has 2 aliphatic rings. The first-order valence-electron chi connectivity index (χ1n) is 6.17. The van der Waals surface area contributed by atoms with Gasteiger partial charge < -0.3 is 10.0 Å². The quantitative estimate of drug-likeness (QED) is 0.791. The molecule has 1 atom stereocenters. The van der Waals surface area contributed by atoms with Gasteiger partial charge >= 0.3 is 5.97 Å². The lowest BCUT2D eigenvalue weighted by Gasteiger charge is -2.18. The molecule has 1 aliphatic carbocycles. The number of aliphatic carboxylic acids is 1. The summed E-state index contributed by atoms with van der Waals surface area (Å²) in [6.07, 6.45) is 6.08. The zero-order chi connectivity index (χ0) is 11.5. The van der Waals surface area contributed by atoms with Gasteiger partial charge in [-0.2, -0.15) is 0 Å². The van der Waals surface area contributed by atoms with Crippen LogP contribution >= 0.6 is 0 Å². The number of amides is 1. The largest absolute Gasteiger partial charge is 0.481 e. The SMILES string of the molecule is O=C(O)[C@@H]1CCN(C(=O)CC2CCCC2)C1. The summed E-state index contributed by atoms with van der Waals surface area (Å²) in [4.78, 5) is 24.4. The number of hydrogen-bond donors (Lipinski definition) is 1. The summed E-state index contributed by atoms with van der Waals surface area (Å²) >= 11 is 0. The van der Waals surface area contributed by atoms with Gasteiger partial charge in [-0.1, -0.05) is 12.8 Å². The van der Waals surface area contributed by atoms with Gasteiger partial charge in [0.25, 0.3) is 0 Å². The standard InChI is InChI=1S/C12H19NO3/c14-11(7-9-3-1-2-4-9)13-6-5-10(8-13)12(15)16/h9-10H,1-8H2,(H,15,16)/t10-/m1/s1. The van der Waals surface area contributed by atoms with Gasteiger partial charge in [0.1, 0.15) is 0 Å². The van der Waals surface area contributed by atoms with Crippen molar-refractivity contribution in [2.24, 2.45) is 11.8 Å². The third kappa shape index (κ3) is 2.54. The van der Waals surface area contributed by atoms with Gasteiger partial charge in [0.2, 0.25) is 5.91 Å². The number of carbonyl (C=O) groups is 2. The first-order chi connectivity index (χ1) is 7.66. The van der Waals surface area contributed by atoms with Crippen molar-refractivity contribution in [2.75, 3.05) is 13.1 Å². The van der Waals surface area contributed by atoms with E-state index in [1.165, 1.54) is 25.7 Å². The molecule has 0 aromatic heterocycles. The summed E-state index contributed by atoms with van der Waals surface area (Å²) in [5, 5.41) is 8.86. The maximum Gasteiger partial charge on any atom is 0.308 e. The number of carboxylic acids is 1. The molecule has 0 aromatic rings. The highest BCUT2D eigenvalue weighted by Crippen LogP contribution is 2.29. The Morgan fingerprint density at radius 1 is 1.19 bits per heavy atom. The van der Waals surface area contributed by atoms with E-state index in [-0.39, 0.29) is 11.8 Å². The Morgan fingerprint density at radius 2 is 1.88 bits per heavy atom. The third-order valence-corrected chi connectivity index (χ3v) is 3.83. The van der Waals surface area contributed by atoms with Crippen molar-refractivity contribution in [1.82, 2.24) is 4.90 Å². The van der Waals surface area contributed by atoms with Crippen molar-refractivity contribution < 1.29 is 14.7 Å². The van der Waals surface area contributed by atoms with Crippen LogP contribution in [-0.4, -0.2) is 35.0 Å². The molecule has 1 N–H and O–H groups in total. The monoisotopic (exact) mass is 225 g/mol. The van der Waals surface area contributed by atoms with Crippen LogP contribution in [0, 0.1) is 11.8 Å². The molecule has 1 saturated carbocycles. The van der Waals surface area contributed by atoms with Gasteiger partial charge in [0.15, 0.2) is 0 Å².